The third kappa shape index (κ3) is 4.40. The van der Waals surface area contributed by atoms with Gasteiger partial charge in [-0.1, -0.05) is 37.3 Å². The summed E-state index contributed by atoms with van der Waals surface area (Å²) in [5.41, 5.74) is 3.15. The summed E-state index contributed by atoms with van der Waals surface area (Å²) in [5, 5.41) is 3.06. The Morgan fingerprint density at radius 2 is 1.64 bits per heavy atom. The van der Waals surface area contributed by atoms with Gasteiger partial charge >= 0.3 is 0 Å². The molecule has 1 N–H and O–H groups in total. The highest BCUT2D eigenvalue weighted by molar-refractivity contribution is 5.95. The maximum atomic E-state index is 12.6. The molecular weight excluding hydrogens is 310 g/mol. The lowest BCUT2D eigenvalue weighted by Gasteiger charge is -2.34. The van der Waals surface area contributed by atoms with Crippen molar-refractivity contribution in [2.24, 2.45) is 0 Å². The van der Waals surface area contributed by atoms with E-state index in [0.717, 1.165) is 43.9 Å². The van der Waals surface area contributed by atoms with Crippen molar-refractivity contribution in [1.29, 1.82) is 0 Å². The van der Waals surface area contributed by atoms with Crippen LogP contribution >= 0.6 is 0 Å². The smallest absolute Gasteiger partial charge is 0.231 e. The Balaban J connectivity index is 1.63. The first-order valence-electron chi connectivity index (χ1n) is 9.06. The second-order valence-corrected chi connectivity index (χ2v) is 6.70. The second kappa shape index (κ2) is 8.17. The molecule has 1 fully saturated rings. The fourth-order valence-electron chi connectivity index (χ4n) is 3.31. The van der Waals surface area contributed by atoms with Crippen LogP contribution in [0.5, 0.6) is 0 Å². The van der Waals surface area contributed by atoms with E-state index in [1.165, 1.54) is 5.69 Å². The van der Waals surface area contributed by atoms with Crippen molar-refractivity contribution < 1.29 is 4.79 Å². The predicted molar refractivity (Wildman–Crippen MR) is 104 cm³/mol. The SMILES string of the molecule is CC[C@H](C(=O)Nc1ccc(N2CCN(C)CC2)cc1)c1ccccc1. The number of benzene rings is 2. The van der Waals surface area contributed by atoms with Gasteiger partial charge in [0.1, 0.15) is 0 Å². The fraction of sp³-hybridized carbons (Fsp3) is 0.381. The lowest BCUT2D eigenvalue weighted by molar-refractivity contribution is -0.117. The van der Waals surface area contributed by atoms with Crippen molar-refractivity contribution in [3.8, 4) is 0 Å². The Bertz CT molecular complexity index is 676. The van der Waals surface area contributed by atoms with Crippen LogP contribution in [0.2, 0.25) is 0 Å². The highest BCUT2D eigenvalue weighted by Crippen LogP contribution is 2.23. The molecule has 1 saturated heterocycles. The molecule has 2 aromatic rings. The van der Waals surface area contributed by atoms with E-state index in [1.54, 1.807) is 0 Å². The first-order chi connectivity index (χ1) is 12.2. The molecule has 4 nitrogen and oxygen atoms in total. The van der Waals surface area contributed by atoms with Crippen molar-refractivity contribution in [2.75, 3.05) is 43.4 Å². The monoisotopic (exact) mass is 337 g/mol. The number of amides is 1. The molecular formula is C21H27N3O. The van der Waals surface area contributed by atoms with E-state index >= 15 is 0 Å². The van der Waals surface area contributed by atoms with Crippen LogP contribution in [0, 0.1) is 0 Å². The minimum absolute atomic E-state index is 0.0565. The van der Waals surface area contributed by atoms with Gasteiger partial charge in [-0.15, -0.1) is 0 Å². The average molecular weight is 337 g/mol. The number of hydrogen-bond acceptors (Lipinski definition) is 3. The summed E-state index contributed by atoms with van der Waals surface area (Å²) in [6, 6.07) is 18.2. The van der Waals surface area contributed by atoms with Gasteiger partial charge in [0.2, 0.25) is 5.91 Å². The maximum Gasteiger partial charge on any atom is 0.231 e. The number of anilines is 2. The van der Waals surface area contributed by atoms with Crippen LogP contribution in [0.4, 0.5) is 11.4 Å². The quantitative estimate of drug-likeness (QED) is 0.906. The van der Waals surface area contributed by atoms with Crippen LogP contribution in [0.3, 0.4) is 0 Å². The van der Waals surface area contributed by atoms with Crippen LogP contribution in [-0.4, -0.2) is 44.0 Å². The molecule has 25 heavy (non-hydrogen) atoms. The van der Waals surface area contributed by atoms with Crippen molar-refractivity contribution in [3.05, 3.63) is 60.2 Å². The first kappa shape index (κ1) is 17.5. The molecule has 132 valence electrons. The van der Waals surface area contributed by atoms with Gasteiger partial charge < -0.3 is 15.1 Å². The molecule has 0 aliphatic carbocycles. The molecule has 0 aromatic heterocycles. The average Bonchev–Trinajstić information content (AvgIpc) is 2.65. The van der Waals surface area contributed by atoms with Gasteiger partial charge in [-0.25, -0.2) is 0 Å². The molecule has 1 atom stereocenters. The van der Waals surface area contributed by atoms with E-state index in [0.29, 0.717) is 0 Å². The zero-order valence-corrected chi connectivity index (χ0v) is 15.1. The number of piperazine rings is 1. The summed E-state index contributed by atoms with van der Waals surface area (Å²) in [6.45, 7) is 6.33. The van der Waals surface area contributed by atoms with Crippen molar-refractivity contribution in [2.45, 2.75) is 19.3 Å². The molecule has 0 radical (unpaired) electrons. The summed E-state index contributed by atoms with van der Waals surface area (Å²) in [5.74, 6) is -0.0560. The second-order valence-electron chi connectivity index (χ2n) is 6.70. The largest absolute Gasteiger partial charge is 0.369 e. The van der Waals surface area contributed by atoms with E-state index in [-0.39, 0.29) is 11.8 Å². The third-order valence-electron chi connectivity index (χ3n) is 4.93. The Kier molecular flexibility index (Phi) is 5.71. The standard InChI is InChI=1S/C21H27N3O/c1-3-20(17-7-5-4-6-8-17)21(25)22-18-9-11-19(12-10-18)24-15-13-23(2)14-16-24/h4-12,20H,3,13-16H2,1-2H3,(H,22,25)/t20-/m0/s1. The third-order valence-corrected chi connectivity index (χ3v) is 4.93. The number of carbonyl (C=O) groups is 1. The molecule has 1 aliphatic rings. The van der Waals surface area contributed by atoms with Crippen LogP contribution < -0.4 is 10.2 Å². The van der Waals surface area contributed by atoms with Gasteiger partial charge in [-0.05, 0) is 43.3 Å². The highest BCUT2D eigenvalue weighted by Gasteiger charge is 2.19. The number of nitrogens with zero attached hydrogens (tertiary/aromatic N) is 2. The number of likely N-dealkylation sites (N-methyl/N-ethyl adjacent to an activating group) is 1. The Morgan fingerprint density at radius 3 is 2.24 bits per heavy atom. The Morgan fingerprint density at radius 1 is 1.00 bits per heavy atom. The number of hydrogen-bond donors (Lipinski definition) is 1. The normalized spacial score (nSPS) is 16.5. The Labute approximate surface area is 150 Å². The van der Waals surface area contributed by atoms with Gasteiger partial charge in [0.15, 0.2) is 0 Å². The molecule has 0 saturated carbocycles. The summed E-state index contributed by atoms with van der Waals surface area (Å²) in [7, 11) is 2.16. The highest BCUT2D eigenvalue weighted by atomic mass is 16.1. The predicted octanol–water partition coefficient (Wildman–Crippen LogP) is 3.57. The number of carbonyl (C=O) groups excluding carboxylic acids is 1. The van der Waals surface area contributed by atoms with Crippen molar-refractivity contribution in [3.63, 3.8) is 0 Å². The van der Waals surface area contributed by atoms with Gasteiger partial charge in [-0.2, -0.15) is 0 Å². The van der Waals surface area contributed by atoms with Crippen molar-refractivity contribution in [1.82, 2.24) is 4.90 Å². The summed E-state index contributed by atoms with van der Waals surface area (Å²) in [4.78, 5) is 17.4. The molecule has 0 bridgehead atoms. The molecule has 0 unspecified atom stereocenters. The van der Waals surface area contributed by atoms with Crippen LogP contribution in [0.25, 0.3) is 0 Å². The molecule has 0 spiro atoms. The van der Waals surface area contributed by atoms with Gasteiger partial charge in [0, 0.05) is 37.6 Å². The molecule has 2 aromatic carbocycles. The topological polar surface area (TPSA) is 35.6 Å². The van der Waals surface area contributed by atoms with Crippen LogP contribution in [0.15, 0.2) is 54.6 Å². The Hall–Kier alpha value is -2.33. The minimum atomic E-state index is -0.112. The van der Waals surface area contributed by atoms with E-state index < -0.39 is 0 Å². The van der Waals surface area contributed by atoms with E-state index in [9.17, 15) is 4.79 Å². The lowest BCUT2D eigenvalue weighted by Crippen LogP contribution is -2.44. The molecule has 1 amide bonds. The zero-order valence-electron chi connectivity index (χ0n) is 15.1. The van der Waals surface area contributed by atoms with Crippen molar-refractivity contribution >= 4 is 17.3 Å². The minimum Gasteiger partial charge on any atom is -0.369 e. The summed E-state index contributed by atoms with van der Waals surface area (Å²) in [6.07, 6.45) is 0.787. The lowest BCUT2D eigenvalue weighted by atomic mass is 9.95. The summed E-state index contributed by atoms with van der Waals surface area (Å²) >= 11 is 0. The number of rotatable bonds is 5. The van der Waals surface area contributed by atoms with Gasteiger partial charge in [0.05, 0.1) is 5.92 Å². The van der Waals surface area contributed by atoms with E-state index in [1.807, 2.05) is 49.4 Å². The van der Waals surface area contributed by atoms with Gasteiger partial charge in [0.25, 0.3) is 0 Å². The molecule has 3 rings (SSSR count). The van der Waals surface area contributed by atoms with E-state index in [2.05, 4.69) is 34.3 Å². The number of nitrogens with one attached hydrogen (secondary N) is 1. The zero-order chi connectivity index (χ0) is 17.6. The molecule has 4 heteroatoms. The molecule has 1 aliphatic heterocycles. The van der Waals surface area contributed by atoms with E-state index in [4.69, 9.17) is 0 Å². The molecule has 1 heterocycles. The van der Waals surface area contributed by atoms with Gasteiger partial charge in [-0.3, -0.25) is 4.79 Å². The summed E-state index contributed by atoms with van der Waals surface area (Å²) < 4.78 is 0. The fourth-order valence-corrected chi connectivity index (χ4v) is 3.31. The van der Waals surface area contributed by atoms with Crippen LogP contribution in [-0.2, 0) is 4.79 Å². The van der Waals surface area contributed by atoms with Crippen LogP contribution in [0.1, 0.15) is 24.8 Å². The first-order valence-corrected chi connectivity index (χ1v) is 9.06. The maximum absolute atomic E-state index is 12.6.